The number of methoxy groups -OCH3 is 1. The van der Waals surface area contributed by atoms with Gasteiger partial charge in [-0.3, -0.25) is 0 Å². The molecule has 5 heteroatoms. The minimum atomic E-state index is 0.0433. The van der Waals surface area contributed by atoms with Crippen molar-refractivity contribution in [2.75, 3.05) is 20.2 Å². The molecule has 0 bridgehead atoms. The van der Waals surface area contributed by atoms with E-state index < -0.39 is 0 Å². The lowest BCUT2D eigenvalue weighted by molar-refractivity contribution is 0.0835. The van der Waals surface area contributed by atoms with Crippen molar-refractivity contribution in [2.24, 2.45) is 5.92 Å². The zero-order valence-electron chi connectivity index (χ0n) is 11.2. The van der Waals surface area contributed by atoms with Gasteiger partial charge in [-0.15, -0.1) is 11.3 Å². The summed E-state index contributed by atoms with van der Waals surface area (Å²) in [5.41, 5.74) is 1.40. The molecule has 104 valence electrons. The van der Waals surface area contributed by atoms with Crippen molar-refractivity contribution in [3.8, 4) is 0 Å². The smallest absolute Gasteiger partial charge is 0.317 e. The standard InChI is InChI=1S/C14H20N2O2S/c1-18-12(10-2-3-10)8-15-14(17)16-6-4-11-5-7-19-13(11)9-16/h5,7,10,12H,2-4,6,8-9H2,1H3,(H,15,17). The molecule has 0 spiro atoms. The fourth-order valence-electron chi connectivity index (χ4n) is 2.62. The lowest BCUT2D eigenvalue weighted by Gasteiger charge is -2.28. The summed E-state index contributed by atoms with van der Waals surface area (Å²) < 4.78 is 5.42. The number of hydrogen-bond donors (Lipinski definition) is 1. The van der Waals surface area contributed by atoms with Crippen LogP contribution < -0.4 is 5.32 Å². The number of thiophene rings is 1. The van der Waals surface area contributed by atoms with Gasteiger partial charge in [0.25, 0.3) is 0 Å². The molecule has 1 unspecified atom stereocenters. The van der Waals surface area contributed by atoms with Crippen LogP contribution in [0.3, 0.4) is 0 Å². The first-order valence-electron chi connectivity index (χ1n) is 6.88. The highest BCUT2D eigenvalue weighted by Gasteiger charge is 2.32. The maximum atomic E-state index is 12.2. The summed E-state index contributed by atoms with van der Waals surface area (Å²) in [4.78, 5) is 15.4. The molecule has 19 heavy (non-hydrogen) atoms. The van der Waals surface area contributed by atoms with Crippen LogP contribution in [0.15, 0.2) is 11.4 Å². The summed E-state index contributed by atoms with van der Waals surface area (Å²) in [6.07, 6.45) is 3.63. The average Bonchev–Trinajstić information content (AvgIpc) is 3.16. The molecular formula is C14H20N2O2S. The van der Waals surface area contributed by atoms with Gasteiger partial charge < -0.3 is 15.0 Å². The summed E-state index contributed by atoms with van der Waals surface area (Å²) >= 11 is 1.74. The fourth-order valence-corrected chi connectivity index (χ4v) is 3.57. The molecule has 1 aromatic heterocycles. The van der Waals surface area contributed by atoms with Crippen molar-refractivity contribution in [1.29, 1.82) is 0 Å². The van der Waals surface area contributed by atoms with E-state index in [0.29, 0.717) is 12.5 Å². The van der Waals surface area contributed by atoms with Crippen molar-refractivity contribution >= 4 is 17.4 Å². The van der Waals surface area contributed by atoms with Crippen LogP contribution >= 0.6 is 11.3 Å². The van der Waals surface area contributed by atoms with Gasteiger partial charge in [0, 0.05) is 25.1 Å². The molecule has 0 saturated heterocycles. The van der Waals surface area contributed by atoms with Gasteiger partial charge in [0.2, 0.25) is 0 Å². The Labute approximate surface area is 117 Å². The van der Waals surface area contributed by atoms with Gasteiger partial charge >= 0.3 is 6.03 Å². The molecule has 1 saturated carbocycles. The Kier molecular flexibility index (Phi) is 3.75. The minimum absolute atomic E-state index is 0.0433. The molecule has 2 amide bonds. The third-order valence-electron chi connectivity index (χ3n) is 4.02. The molecule has 2 heterocycles. The zero-order valence-corrected chi connectivity index (χ0v) is 12.0. The maximum Gasteiger partial charge on any atom is 0.317 e. The molecular weight excluding hydrogens is 260 g/mol. The quantitative estimate of drug-likeness (QED) is 0.919. The Bertz CT molecular complexity index is 456. The topological polar surface area (TPSA) is 41.6 Å². The van der Waals surface area contributed by atoms with Gasteiger partial charge in [0.15, 0.2) is 0 Å². The van der Waals surface area contributed by atoms with E-state index in [-0.39, 0.29) is 12.1 Å². The van der Waals surface area contributed by atoms with E-state index in [9.17, 15) is 4.79 Å². The largest absolute Gasteiger partial charge is 0.379 e. The van der Waals surface area contributed by atoms with Crippen molar-refractivity contribution in [3.05, 3.63) is 21.9 Å². The number of carbonyl (C=O) groups excluding carboxylic acids is 1. The Morgan fingerprint density at radius 2 is 2.47 bits per heavy atom. The molecule has 1 N–H and O–H groups in total. The van der Waals surface area contributed by atoms with Crippen LogP contribution in [0.4, 0.5) is 4.79 Å². The predicted molar refractivity (Wildman–Crippen MR) is 75.4 cm³/mol. The number of nitrogens with one attached hydrogen (secondary N) is 1. The monoisotopic (exact) mass is 280 g/mol. The van der Waals surface area contributed by atoms with E-state index in [2.05, 4.69) is 16.8 Å². The second-order valence-electron chi connectivity index (χ2n) is 5.34. The van der Waals surface area contributed by atoms with Gasteiger partial charge in [-0.25, -0.2) is 4.79 Å². The summed E-state index contributed by atoms with van der Waals surface area (Å²) in [5.74, 6) is 0.649. The maximum absolute atomic E-state index is 12.2. The highest BCUT2D eigenvalue weighted by molar-refractivity contribution is 7.10. The number of ether oxygens (including phenoxy) is 1. The Balaban J connectivity index is 1.51. The van der Waals surface area contributed by atoms with Crippen LogP contribution in [0.25, 0.3) is 0 Å². The zero-order chi connectivity index (χ0) is 13.2. The van der Waals surface area contributed by atoms with Crippen molar-refractivity contribution < 1.29 is 9.53 Å². The van der Waals surface area contributed by atoms with Crippen LogP contribution in [-0.2, 0) is 17.7 Å². The SMILES string of the molecule is COC(CNC(=O)N1CCc2ccsc2C1)C1CC1. The lowest BCUT2D eigenvalue weighted by atomic mass is 10.1. The Morgan fingerprint density at radius 1 is 1.63 bits per heavy atom. The van der Waals surface area contributed by atoms with Gasteiger partial charge in [-0.1, -0.05) is 0 Å². The molecule has 0 aromatic carbocycles. The van der Waals surface area contributed by atoms with Crippen LogP contribution in [0.5, 0.6) is 0 Å². The third kappa shape index (κ3) is 2.92. The average molecular weight is 280 g/mol. The first-order chi connectivity index (χ1) is 9.28. The molecule has 4 nitrogen and oxygen atoms in total. The van der Waals surface area contributed by atoms with E-state index >= 15 is 0 Å². The van der Waals surface area contributed by atoms with E-state index in [1.54, 1.807) is 18.4 Å². The second kappa shape index (κ2) is 5.51. The molecule has 1 atom stereocenters. The molecule has 1 aromatic rings. The van der Waals surface area contributed by atoms with E-state index in [0.717, 1.165) is 19.5 Å². The number of nitrogens with zero attached hydrogens (tertiary/aromatic N) is 1. The molecule has 3 rings (SSSR count). The van der Waals surface area contributed by atoms with Crippen LogP contribution in [0.1, 0.15) is 23.3 Å². The number of amides is 2. The molecule has 1 aliphatic carbocycles. The summed E-state index contributed by atoms with van der Waals surface area (Å²) in [5, 5.41) is 5.13. The van der Waals surface area contributed by atoms with Crippen LogP contribution in [0.2, 0.25) is 0 Å². The first-order valence-corrected chi connectivity index (χ1v) is 7.76. The molecule has 1 aliphatic heterocycles. The van der Waals surface area contributed by atoms with E-state index in [1.165, 1.54) is 23.3 Å². The summed E-state index contributed by atoms with van der Waals surface area (Å²) in [7, 11) is 1.73. The number of fused-ring (bicyclic) bond motifs is 1. The van der Waals surface area contributed by atoms with Gasteiger partial charge in [-0.2, -0.15) is 0 Å². The highest BCUT2D eigenvalue weighted by atomic mass is 32.1. The minimum Gasteiger partial charge on any atom is -0.379 e. The fraction of sp³-hybridized carbons (Fsp3) is 0.643. The van der Waals surface area contributed by atoms with Crippen LogP contribution in [0, 0.1) is 5.92 Å². The number of carbonyl (C=O) groups is 1. The Morgan fingerprint density at radius 3 is 3.21 bits per heavy atom. The molecule has 1 fully saturated rings. The van der Waals surface area contributed by atoms with Crippen molar-refractivity contribution in [3.63, 3.8) is 0 Å². The van der Waals surface area contributed by atoms with Crippen molar-refractivity contribution in [1.82, 2.24) is 10.2 Å². The molecule has 2 aliphatic rings. The second-order valence-corrected chi connectivity index (χ2v) is 6.34. The summed E-state index contributed by atoms with van der Waals surface area (Å²) in [6.45, 7) is 2.20. The Hall–Kier alpha value is -1.07. The predicted octanol–water partition coefficient (Wildman–Crippen LogP) is 2.24. The van der Waals surface area contributed by atoms with E-state index in [1.807, 2.05) is 4.90 Å². The highest BCUT2D eigenvalue weighted by Crippen LogP contribution is 2.33. The lowest BCUT2D eigenvalue weighted by Crippen LogP contribution is -2.45. The third-order valence-corrected chi connectivity index (χ3v) is 4.96. The van der Waals surface area contributed by atoms with Gasteiger partial charge in [0.05, 0.1) is 12.6 Å². The number of hydrogen-bond acceptors (Lipinski definition) is 3. The number of urea groups is 1. The van der Waals surface area contributed by atoms with Crippen molar-refractivity contribution in [2.45, 2.75) is 31.9 Å². The van der Waals surface area contributed by atoms with Gasteiger partial charge in [-0.05, 0) is 42.2 Å². The first kappa shape index (κ1) is 12.9. The van der Waals surface area contributed by atoms with E-state index in [4.69, 9.17) is 4.74 Å². The number of rotatable bonds is 4. The van der Waals surface area contributed by atoms with Gasteiger partial charge in [0.1, 0.15) is 0 Å². The normalized spacial score (nSPS) is 19.9. The van der Waals surface area contributed by atoms with Crippen LogP contribution in [-0.4, -0.2) is 37.2 Å². The molecule has 0 radical (unpaired) electrons. The summed E-state index contributed by atoms with van der Waals surface area (Å²) in [6, 6.07) is 2.21.